The molecule has 3 aromatic rings. The molecule has 1 amide bonds. The van der Waals surface area contributed by atoms with Crippen LogP contribution in [0.4, 0.5) is 10.1 Å². The first kappa shape index (κ1) is 14.7. The maximum absolute atomic E-state index is 13.3. The number of nitrogens with zero attached hydrogens (tertiary/aromatic N) is 3. The number of carbonyl (C=O) groups is 1. The van der Waals surface area contributed by atoms with Gasteiger partial charge in [0, 0.05) is 55.2 Å². The van der Waals surface area contributed by atoms with E-state index in [-0.39, 0.29) is 11.7 Å². The first-order chi connectivity index (χ1) is 11.7. The Labute approximate surface area is 138 Å². The Morgan fingerprint density at radius 3 is 2.54 bits per heavy atom. The van der Waals surface area contributed by atoms with Crippen LogP contribution in [0.15, 0.2) is 48.8 Å². The first-order valence-electron chi connectivity index (χ1n) is 7.93. The van der Waals surface area contributed by atoms with Gasteiger partial charge in [-0.1, -0.05) is 0 Å². The Bertz CT molecular complexity index is 869. The summed E-state index contributed by atoms with van der Waals surface area (Å²) >= 11 is 0. The van der Waals surface area contributed by atoms with Gasteiger partial charge in [-0.2, -0.15) is 0 Å². The zero-order chi connectivity index (χ0) is 16.5. The van der Waals surface area contributed by atoms with Crippen LogP contribution >= 0.6 is 0 Å². The standard InChI is InChI=1S/C18H17FN4O/c19-14-1-2-16-13(11-14)12-17(21-16)18(24)23-9-7-22(8-10-23)15-3-5-20-6-4-15/h1-6,11-12,21H,7-10H2. The maximum Gasteiger partial charge on any atom is 0.270 e. The molecule has 1 aromatic carbocycles. The minimum atomic E-state index is -0.300. The van der Waals surface area contributed by atoms with E-state index in [0.717, 1.165) is 24.3 Å². The number of carbonyl (C=O) groups excluding carboxylic acids is 1. The molecule has 6 heteroatoms. The van der Waals surface area contributed by atoms with Gasteiger partial charge in [0.25, 0.3) is 5.91 Å². The minimum Gasteiger partial charge on any atom is -0.368 e. The lowest BCUT2D eigenvalue weighted by atomic mass is 10.2. The number of fused-ring (bicyclic) bond motifs is 1. The van der Waals surface area contributed by atoms with Crippen LogP contribution in [0.1, 0.15) is 10.5 Å². The summed E-state index contributed by atoms with van der Waals surface area (Å²) < 4.78 is 13.3. The van der Waals surface area contributed by atoms with Crippen molar-refractivity contribution in [3.05, 3.63) is 60.3 Å². The highest BCUT2D eigenvalue weighted by Gasteiger charge is 2.23. The number of hydrogen-bond acceptors (Lipinski definition) is 3. The van der Waals surface area contributed by atoms with E-state index in [1.54, 1.807) is 24.5 Å². The number of pyridine rings is 1. The van der Waals surface area contributed by atoms with Crippen molar-refractivity contribution in [2.24, 2.45) is 0 Å². The van der Waals surface area contributed by atoms with Gasteiger partial charge in [-0.3, -0.25) is 9.78 Å². The van der Waals surface area contributed by atoms with Crippen molar-refractivity contribution in [1.29, 1.82) is 0 Å². The van der Waals surface area contributed by atoms with Crippen LogP contribution < -0.4 is 4.90 Å². The predicted molar refractivity (Wildman–Crippen MR) is 90.6 cm³/mol. The molecule has 0 saturated carbocycles. The van der Waals surface area contributed by atoms with E-state index in [1.165, 1.54) is 12.1 Å². The topological polar surface area (TPSA) is 52.2 Å². The smallest absolute Gasteiger partial charge is 0.270 e. The van der Waals surface area contributed by atoms with Crippen LogP contribution in [0, 0.1) is 5.82 Å². The molecule has 0 bridgehead atoms. The average Bonchev–Trinajstić information content (AvgIpc) is 3.05. The maximum atomic E-state index is 13.3. The molecule has 2 aromatic heterocycles. The van der Waals surface area contributed by atoms with Crippen LogP contribution in [0.25, 0.3) is 10.9 Å². The number of nitrogens with one attached hydrogen (secondary N) is 1. The van der Waals surface area contributed by atoms with Crippen molar-refractivity contribution in [2.45, 2.75) is 0 Å². The van der Waals surface area contributed by atoms with Crippen LogP contribution in [0.3, 0.4) is 0 Å². The summed E-state index contributed by atoms with van der Waals surface area (Å²) in [6.45, 7) is 2.88. The molecule has 1 N–H and O–H groups in total. The van der Waals surface area contributed by atoms with Crippen molar-refractivity contribution in [2.75, 3.05) is 31.1 Å². The van der Waals surface area contributed by atoms with Crippen LogP contribution in [0.2, 0.25) is 0 Å². The van der Waals surface area contributed by atoms with Crippen molar-refractivity contribution in [3.63, 3.8) is 0 Å². The number of aromatic nitrogens is 2. The quantitative estimate of drug-likeness (QED) is 0.788. The predicted octanol–water partition coefficient (Wildman–Crippen LogP) is 2.66. The van der Waals surface area contributed by atoms with Crippen LogP contribution in [0.5, 0.6) is 0 Å². The van der Waals surface area contributed by atoms with Gasteiger partial charge in [0.1, 0.15) is 11.5 Å². The van der Waals surface area contributed by atoms with Crippen molar-refractivity contribution < 1.29 is 9.18 Å². The van der Waals surface area contributed by atoms with E-state index in [2.05, 4.69) is 14.9 Å². The molecule has 4 rings (SSSR count). The third-order valence-corrected chi connectivity index (χ3v) is 4.41. The molecule has 24 heavy (non-hydrogen) atoms. The molecule has 1 saturated heterocycles. The highest BCUT2D eigenvalue weighted by atomic mass is 19.1. The zero-order valence-corrected chi connectivity index (χ0v) is 13.1. The van der Waals surface area contributed by atoms with Crippen molar-refractivity contribution in [1.82, 2.24) is 14.9 Å². The van der Waals surface area contributed by atoms with E-state index in [1.807, 2.05) is 17.0 Å². The Morgan fingerprint density at radius 2 is 1.79 bits per heavy atom. The molecule has 1 aliphatic rings. The number of benzene rings is 1. The molecule has 0 spiro atoms. The van der Waals surface area contributed by atoms with E-state index in [0.29, 0.717) is 24.2 Å². The lowest BCUT2D eigenvalue weighted by molar-refractivity contribution is 0.0742. The zero-order valence-electron chi connectivity index (χ0n) is 13.1. The second-order valence-electron chi connectivity index (χ2n) is 5.90. The molecule has 122 valence electrons. The number of aromatic amines is 1. The van der Waals surface area contributed by atoms with Gasteiger partial charge < -0.3 is 14.8 Å². The number of anilines is 1. The van der Waals surface area contributed by atoms with Gasteiger partial charge in [0.2, 0.25) is 0 Å². The fraction of sp³-hybridized carbons (Fsp3) is 0.222. The Balaban J connectivity index is 1.47. The van der Waals surface area contributed by atoms with E-state index < -0.39 is 0 Å². The molecule has 1 fully saturated rings. The molecule has 5 nitrogen and oxygen atoms in total. The molecule has 0 unspecified atom stereocenters. The van der Waals surface area contributed by atoms with E-state index in [9.17, 15) is 9.18 Å². The number of piperazine rings is 1. The van der Waals surface area contributed by atoms with Gasteiger partial charge in [-0.15, -0.1) is 0 Å². The summed E-state index contributed by atoms with van der Waals surface area (Å²) in [7, 11) is 0. The highest BCUT2D eigenvalue weighted by Crippen LogP contribution is 2.20. The van der Waals surface area contributed by atoms with Gasteiger partial charge in [-0.05, 0) is 36.4 Å². The number of amides is 1. The SMILES string of the molecule is O=C(c1cc2cc(F)ccc2[nH]1)N1CCN(c2ccncc2)CC1. The van der Waals surface area contributed by atoms with Gasteiger partial charge >= 0.3 is 0 Å². The highest BCUT2D eigenvalue weighted by molar-refractivity contribution is 5.98. The molecule has 0 radical (unpaired) electrons. The Morgan fingerprint density at radius 1 is 1.04 bits per heavy atom. The third-order valence-electron chi connectivity index (χ3n) is 4.41. The largest absolute Gasteiger partial charge is 0.368 e. The van der Waals surface area contributed by atoms with Gasteiger partial charge in [0.15, 0.2) is 0 Å². The number of rotatable bonds is 2. The second kappa shape index (κ2) is 5.96. The fourth-order valence-corrected chi connectivity index (χ4v) is 3.11. The molecule has 1 aliphatic heterocycles. The summed E-state index contributed by atoms with van der Waals surface area (Å²) in [5, 5.41) is 0.716. The Hall–Kier alpha value is -2.89. The lowest BCUT2D eigenvalue weighted by Gasteiger charge is -2.35. The molecular weight excluding hydrogens is 307 g/mol. The first-order valence-corrected chi connectivity index (χ1v) is 7.93. The number of H-pyrrole nitrogens is 1. The van der Waals surface area contributed by atoms with E-state index in [4.69, 9.17) is 0 Å². The number of halogens is 1. The van der Waals surface area contributed by atoms with Crippen molar-refractivity contribution >= 4 is 22.5 Å². The lowest BCUT2D eigenvalue weighted by Crippen LogP contribution is -2.48. The van der Waals surface area contributed by atoms with Crippen molar-refractivity contribution in [3.8, 4) is 0 Å². The van der Waals surface area contributed by atoms with Gasteiger partial charge in [-0.25, -0.2) is 4.39 Å². The van der Waals surface area contributed by atoms with E-state index >= 15 is 0 Å². The molecule has 0 aliphatic carbocycles. The number of hydrogen-bond donors (Lipinski definition) is 1. The minimum absolute atomic E-state index is 0.0408. The van der Waals surface area contributed by atoms with Crippen LogP contribution in [-0.2, 0) is 0 Å². The average molecular weight is 324 g/mol. The molecule has 3 heterocycles. The summed E-state index contributed by atoms with van der Waals surface area (Å²) in [5.74, 6) is -0.340. The van der Waals surface area contributed by atoms with Crippen LogP contribution in [-0.4, -0.2) is 47.0 Å². The summed E-state index contributed by atoms with van der Waals surface area (Å²) in [6, 6.07) is 10.1. The third kappa shape index (κ3) is 2.71. The monoisotopic (exact) mass is 324 g/mol. The molecule has 0 atom stereocenters. The summed E-state index contributed by atoms with van der Waals surface area (Å²) in [6.07, 6.45) is 3.55. The Kier molecular flexibility index (Phi) is 3.65. The molecular formula is C18H17FN4O. The second-order valence-corrected chi connectivity index (χ2v) is 5.90. The summed E-state index contributed by atoms with van der Waals surface area (Å²) in [5.41, 5.74) is 2.40. The fourth-order valence-electron chi connectivity index (χ4n) is 3.11. The van der Waals surface area contributed by atoms with Gasteiger partial charge in [0.05, 0.1) is 0 Å². The summed E-state index contributed by atoms with van der Waals surface area (Å²) in [4.78, 5) is 23.9. The normalized spacial score (nSPS) is 15.0.